The first-order valence-electron chi connectivity index (χ1n) is 12.8. The molecular formula is C28H34N4O6S. The van der Waals surface area contributed by atoms with E-state index in [1.165, 1.54) is 0 Å². The molecule has 1 saturated heterocycles. The van der Waals surface area contributed by atoms with Crippen LogP contribution in [0.25, 0.3) is 0 Å². The van der Waals surface area contributed by atoms with Crippen molar-refractivity contribution in [2.45, 2.75) is 44.1 Å². The number of thioether (sulfide) groups is 1. The number of rotatable bonds is 10. The normalized spacial score (nSPS) is 20.8. The van der Waals surface area contributed by atoms with Gasteiger partial charge >= 0.3 is 12.0 Å². The molecular weight excluding hydrogens is 520 g/mol. The molecule has 2 amide bonds. The molecule has 1 aromatic heterocycles. The quantitative estimate of drug-likeness (QED) is 0.252. The topological polar surface area (TPSA) is 124 Å². The number of aliphatic hydroxyl groups is 1. The van der Waals surface area contributed by atoms with Gasteiger partial charge in [0.2, 0.25) is 0 Å². The molecule has 0 unspecified atom stereocenters. The molecule has 10 nitrogen and oxygen atoms in total. The number of urea groups is 1. The number of nitrogens with zero attached hydrogens (tertiary/aromatic N) is 2. The standard InChI is InChI=1S/C28H34N4O6S/c1-4-36-24(34)15-30-27(35)31-22-7-5-6-21(14-22)26-37-23(17-39-28-29-12-13-32(28)3)18(2)25(38-26)20-10-8-19(16-33)9-11-20/h5-14,18,23,25-26,33H,4,15-17H2,1-3H3,(H2,30,31,35)/t18-,23+,25+,26+/m1/s1. The number of aromatic nitrogens is 2. The van der Waals surface area contributed by atoms with Gasteiger partial charge < -0.3 is 34.5 Å². The monoisotopic (exact) mass is 554 g/mol. The zero-order valence-corrected chi connectivity index (χ0v) is 23.0. The predicted molar refractivity (Wildman–Crippen MR) is 147 cm³/mol. The number of esters is 1. The summed E-state index contributed by atoms with van der Waals surface area (Å²) in [7, 11) is 1.96. The molecule has 1 fully saturated rings. The summed E-state index contributed by atoms with van der Waals surface area (Å²) in [6.45, 7) is 3.81. The number of nitrogens with one attached hydrogen (secondary N) is 2. The summed E-state index contributed by atoms with van der Waals surface area (Å²) in [5.41, 5.74) is 3.10. The van der Waals surface area contributed by atoms with Crippen LogP contribution >= 0.6 is 11.8 Å². The van der Waals surface area contributed by atoms with E-state index in [-0.39, 0.29) is 37.9 Å². The maximum Gasteiger partial charge on any atom is 0.325 e. The molecule has 2 aromatic carbocycles. The summed E-state index contributed by atoms with van der Waals surface area (Å²) < 4.78 is 19.8. The minimum atomic E-state index is -0.681. The van der Waals surface area contributed by atoms with Crippen LogP contribution in [0.1, 0.15) is 42.9 Å². The smallest absolute Gasteiger partial charge is 0.325 e. The molecule has 0 aliphatic carbocycles. The van der Waals surface area contributed by atoms with E-state index in [0.29, 0.717) is 11.4 Å². The van der Waals surface area contributed by atoms with E-state index in [1.807, 2.05) is 54.2 Å². The van der Waals surface area contributed by atoms with Crippen molar-refractivity contribution in [3.63, 3.8) is 0 Å². The van der Waals surface area contributed by atoms with E-state index in [0.717, 1.165) is 21.8 Å². The maximum absolute atomic E-state index is 12.3. The molecule has 4 rings (SSSR count). The Bertz CT molecular complexity index is 1250. The predicted octanol–water partition coefficient (Wildman–Crippen LogP) is 4.18. The van der Waals surface area contributed by atoms with Gasteiger partial charge in [0, 0.05) is 42.4 Å². The lowest BCUT2D eigenvalue weighted by Gasteiger charge is -2.41. The van der Waals surface area contributed by atoms with Crippen molar-refractivity contribution in [3.05, 3.63) is 77.6 Å². The Hall–Kier alpha value is -3.38. The largest absolute Gasteiger partial charge is 0.465 e. The number of ether oxygens (including phenoxy) is 3. The number of anilines is 1. The van der Waals surface area contributed by atoms with Crippen molar-refractivity contribution >= 4 is 29.4 Å². The highest BCUT2D eigenvalue weighted by Gasteiger charge is 2.38. The molecule has 11 heteroatoms. The van der Waals surface area contributed by atoms with Crippen LogP contribution in [0.4, 0.5) is 10.5 Å². The molecule has 0 radical (unpaired) electrons. The first kappa shape index (κ1) is 28.6. The number of carbonyl (C=O) groups excluding carboxylic acids is 2. The van der Waals surface area contributed by atoms with Gasteiger partial charge in [-0.3, -0.25) is 4.79 Å². The Kier molecular flexibility index (Phi) is 9.99. The van der Waals surface area contributed by atoms with Crippen LogP contribution in [0.5, 0.6) is 0 Å². The number of aliphatic hydroxyl groups excluding tert-OH is 1. The highest BCUT2D eigenvalue weighted by atomic mass is 32.2. The van der Waals surface area contributed by atoms with Gasteiger partial charge in [-0.25, -0.2) is 9.78 Å². The maximum atomic E-state index is 12.3. The first-order chi connectivity index (χ1) is 18.9. The van der Waals surface area contributed by atoms with Crippen molar-refractivity contribution in [1.29, 1.82) is 0 Å². The third-order valence-corrected chi connectivity index (χ3v) is 7.54. The molecule has 0 saturated carbocycles. The Balaban J connectivity index is 1.51. The van der Waals surface area contributed by atoms with Crippen LogP contribution in [-0.2, 0) is 32.7 Å². The van der Waals surface area contributed by atoms with E-state index in [2.05, 4.69) is 22.5 Å². The highest BCUT2D eigenvalue weighted by Crippen LogP contribution is 2.43. The van der Waals surface area contributed by atoms with Crippen molar-refractivity contribution in [2.24, 2.45) is 13.0 Å². The molecule has 4 atom stereocenters. The van der Waals surface area contributed by atoms with E-state index >= 15 is 0 Å². The molecule has 1 aliphatic heterocycles. The third kappa shape index (κ3) is 7.60. The third-order valence-electron chi connectivity index (χ3n) is 6.39. The molecule has 0 spiro atoms. The van der Waals surface area contributed by atoms with Gasteiger partial charge in [0.1, 0.15) is 6.54 Å². The molecule has 3 aromatic rings. The second-order valence-electron chi connectivity index (χ2n) is 9.19. The van der Waals surface area contributed by atoms with Crippen LogP contribution in [0.15, 0.2) is 66.1 Å². The van der Waals surface area contributed by atoms with Crippen molar-refractivity contribution in [2.75, 3.05) is 24.2 Å². The number of hydrogen-bond acceptors (Lipinski definition) is 8. The van der Waals surface area contributed by atoms with Gasteiger partial charge in [0.05, 0.1) is 25.4 Å². The van der Waals surface area contributed by atoms with Gasteiger partial charge in [-0.15, -0.1) is 0 Å². The van der Waals surface area contributed by atoms with Crippen LogP contribution < -0.4 is 10.6 Å². The second kappa shape index (κ2) is 13.6. The molecule has 2 heterocycles. The molecule has 3 N–H and O–H groups in total. The van der Waals surface area contributed by atoms with Crippen LogP contribution in [0, 0.1) is 5.92 Å². The van der Waals surface area contributed by atoms with E-state index < -0.39 is 18.3 Å². The minimum Gasteiger partial charge on any atom is -0.465 e. The molecule has 0 bridgehead atoms. The van der Waals surface area contributed by atoms with Crippen LogP contribution in [-0.4, -0.2) is 51.7 Å². The number of hydrogen-bond donors (Lipinski definition) is 3. The van der Waals surface area contributed by atoms with E-state index in [1.54, 1.807) is 37.0 Å². The van der Waals surface area contributed by atoms with Crippen molar-refractivity contribution < 1.29 is 28.9 Å². The number of benzene rings is 2. The van der Waals surface area contributed by atoms with Crippen LogP contribution in [0.2, 0.25) is 0 Å². The summed E-state index contributed by atoms with van der Waals surface area (Å²) in [5, 5.41) is 15.6. The SMILES string of the molecule is CCOC(=O)CNC(=O)Nc1cccc([C@H]2O[C@@H](CSc3nccn3C)[C@@H](C)[C@@H](c3ccc(CO)cc3)O2)c1. The average Bonchev–Trinajstić information content (AvgIpc) is 3.36. The van der Waals surface area contributed by atoms with E-state index in [9.17, 15) is 14.7 Å². The van der Waals surface area contributed by atoms with Crippen LogP contribution in [0.3, 0.4) is 0 Å². The number of carbonyl (C=O) groups is 2. The number of imidazole rings is 1. The Morgan fingerprint density at radius 3 is 2.64 bits per heavy atom. The molecule has 1 aliphatic rings. The van der Waals surface area contributed by atoms with Gasteiger partial charge in [-0.1, -0.05) is 55.1 Å². The van der Waals surface area contributed by atoms with Crippen molar-refractivity contribution in [1.82, 2.24) is 14.9 Å². The Labute approximate surface area is 232 Å². The lowest BCUT2D eigenvalue weighted by atomic mass is 9.91. The number of aryl methyl sites for hydroxylation is 1. The fraction of sp³-hybridized carbons (Fsp3) is 0.393. The summed E-state index contributed by atoms with van der Waals surface area (Å²) in [6.07, 6.45) is 2.59. The zero-order valence-electron chi connectivity index (χ0n) is 22.2. The fourth-order valence-electron chi connectivity index (χ4n) is 4.26. The lowest BCUT2D eigenvalue weighted by molar-refractivity contribution is -0.268. The second-order valence-corrected chi connectivity index (χ2v) is 10.2. The zero-order chi connectivity index (χ0) is 27.8. The van der Waals surface area contributed by atoms with Gasteiger partial charge in [0.15, 0.2) is 11.4 Å². The summed E-state index contributed by atoms with van der Waals surface area (Å²) in [4.78, 5) is 28.2. The van der Waals surface area contributed by atoms with Gasteiger partial charge in [-0.2, -0.15) is 0 Å². The summed E-state index contributed by atoms with van der Waals surface area (Å²) >= 11 is 1.62. The summed E-state index contributed by atoms with van der Waals surface area (Å²) in [5.74, 6) is 0.196. The minimum absolute atomic E-state index is 0.0246. The molecule has 39 heavy (non-hydrogen) atoms. The Morgan fingerprint density at radius 1 is 1.15 bits per heavy atom. The lowest BCUT2D eigenvalue weighted by Crippen LogP contribution is -2.38. The molecule has 208 valence electrons. The van der Waals surface area contributed by atoms with Crippen molar-refractivity contribution in [3.8, 4) is 0 Å². The number of amides is 2. The van der Waals surface area contributed by atoms with Gasteiger partial charge in [0.25, 0.3) is 0 Å². The fourth-order valence-corrected chi connectivity index (χ4v) is 5.36. The van der Waals surface area contributed by atoms with Gasteiger partial charge in [-0.05, 0) is 30.2 Å². The summed E-state index contributed by atoms with van der Waals surface area (Å²) in [6, 6.07) is 14.5. The average molecular weight is 555 g/mol. The first-order valence-corrected chi connectivity index (χ1v) is 13.8. The Morgan fingerprint density at radius 2 is 1.95 bits per heavy atom. The highest BCUT2D eigenvalue weighted by molar-refractivity contribution is 7.99. The van der Waals surface area contributed by atoms with E-state index in [4.69, 9.17) is 14.2 Å².